The van der Waals surface area contributed by atoms with Crippen LogP contribution in [0.3, 0.4) is 0 Å². The Morgan fingerprint density at radius 1 is 1.07 bits per heavy atom. The van der Waals surface area contributed by atoms with Crippen LogP contribution < -0.4 is 19.7 Å². The molecule has 1 saturated heterocycles. The molecule has 0 radical (unpaired) electrons. The molecule has 1 aromatic carbocycles. The quantitative estimate of drug-likeness (QED) is 0.729. The number of aromatic nitrogens is 2. The minimum absolute atomic E-state index is 0.259. The molecule has 144 valence electrons. The molecule has 2 heterocycles. The van der Waals surface area contributed by atoms with Gasteiger partial charge in [-0.15, -0.1) is 0 Å². The molecule has 1 aliphatic heterocycles. The lowest BCUT2D eigenvalue weighted by molar-refractivity contribution is 0.0941. The number of nitrogens with zero attached hydrogens (tertiary/aromatic N) is 4. The van der Waals surface area contributed by atoms with Gasteiger partial charge in [-0.25, -0.2) is 9.97 Å². The van der Waals surface area contributed by atoms with Crippen molar-refractivity contribution in [1.29, 1.82) is 0 Å². The highest BCUT2D eigenvalue weighted by Gasteiger charge is 2.16. The van der Waals surface area contributed by atoms with Crippen molar-refractivity contribution >= 4 is 11.7 Å². The Hall–Kier alpha value is -2.87. The molecule has 1 aromatic heterocycles. The molecule has 1 aliphatic rings. The van der Waals surface area contributed by atoms with Gasteiger partial charge >= 0.3 is 0 Å². The summed E-state index contributed by atoms with van der Waals surface area (Å²) >= 11 is 0. The number of carbonyl (C=O) groups excluding carboxylic acids is 1. The largest absolute Gasteiger partial charge is 0.497 e. The molecule has 27 heavy (non-hydrogen) atoms. The highest BCUT2D eigenvalue weighted by Crippen LogP contribution is 2.16. The Balaban J connectivity index is 1.42. The van der Waals surface area contributed by atoms with Crippen LogP contribution in [0.4, 0.5) is 5.82 Å². The average Bonchev–Trinajstić information content (AvgIpc) is 2.72. The van der Waals surface area contributed by atoms with Gasteiger partial charge in [-0.2, -0.15) is 0 Å². The summed E-state index contributed by atoms with van der Waals surface area (Å²) in [5, 5.41) is 2.79. The van der Waals surface area contributed by atoms with Crippen molar-refractivity contribution in [2.75, 3.05) is 58.4 Å². The summed E-state index contributed by atoms with van der Waals surface area (Å²) in [6.07, 6.45) is 3.18. The van der Waals surface area contributed by atoms with Crippen LogP contribution in [-0.4, -0.2) is 74.3 Å². The van der Waals surface area contributed by atoms with Crippen molar-refractivity contribution in [2.45, 2.75) is 0 Å². The molecule has 8 heteroatoms. The summed E-state index contributed by atoms with van der Waals surface area (Å²) in [4.78, 5) is 25.2. The minimum atomic E-state index is -0.259. The molecule has 3 rings (SSSR count). The molecule has 0 bridgehead atoms. The maximum absolute atomic E-state index is 12.2. The van der Waals surface area contributed by atoms with Gasteiger partial charge in [0.15, 0.2) is 0 Å². The number of carbonyl (C=O) groups is 1. The highest BCUT2D eigenvalue weighted by molar-refractivity contribution is 5.92. The lowest BCUT2D eigenvalue weighted by atomic mass is 10.3. The number of amides is 1. The van der Waals surface area contributed by atoms with E-state index in [1.807, 2.05) is 24.3 Å². The van der Waals surface area contributed by atoms with Gasteiger partial charge in [0.1, 0.15) is 29.6 Å². The molecule has 8 nitrogen and oxygen atoms in total. The molecular weight excluding hydrogens is 346 g/mol. The fraction of sp³-hybridized carbons (Fsp3) is 0.421. The third-order valence-electron chi connectivity index (χ3n) is 4.41. The molecule has 2 aromatic rings. The number of hydrogen-bond donors (Lipinski definition) is 1. The number of piperazine rings is 1. The zero-order chi connectivity index (χ0) is 19.1. The number of methoxy groups -OCH3 is 1. The van der Waals surface area contributed by atoms with Gasteiger partial charge < -0.3 is 24.6 Å². The van der Waals surface area contributed by atoms with E-state index in [1.165, 1.54) is 6.20 Å². The number of anilines is 1. The number of rotatable bonds is 7. The first kappa shape index (κ1) is 18.9. The second-order valence-electron chi connectivity index (χ2n) is 6.33. The monoisotopic (exact) mass is 371 g/mol. The average molecular weight is 371 g/mol. The molecule has 0 unspecified atom stereocenters. The van der Waals surface area contributed by atoms with Crippen LogP contribution in [0, 0.1) is 0 Å². The maximum Gasteiger partial charge on any atom is 0.271 e. The van der Waals surface area contributed by atoms with Crippen molar-refractivity contribution in [3.05, 3.63) is 42.4 Å². The second kappa shape index (κ2) is 9.18. The number of ether oxygens (including phenoxy) is 2. The van der Waals surface area contributed by atoms with Gasteiger partial charge in [-0.1, -0.05) is 0 Å². The van der Waals surface area contributed by atoms with Crippen LogP contribution >= 0.6 is 0 Å². The summed E-state index contributed by atoms with van der Waals surface area (Å²) in [6, 6.07) is 7.29. The number of hydrogen-bond acceptors (Lipinski definition) is 7. The van der Waals surface area contributed by atoms with Gasteiger partial charge in [0.2, 0.25) is 0 Å². The van der Waals surface area contributed by atoms with Gasteiger partial charge in [0, 0.05) is 26.2 Å². The number of benzene rings is 1. The third-order valence-corrected chi connectivity index (χ3v) is 4.41. The van der Waals surface area contributed by atoms with E-state index in [0.717, 1.165) is 43.5 Å². The van der Waals surface area contributed by atoms with Crippen LogP contribution in [0.25, 0.3) is 0 Å². The van der Waals surface area contributed by atoms with E-state index >= 15 is 0 Å². The summed E-state index contributed by atoms with van der Waals surface area (Å²) < 4.78 is 10.7. The van der Waals surface area contributed by atoms with E-state index in [2.05, 4.69) is 32.1 Å². The first-order chi connectivity index (χ1) is 13.2. The van der Waals surface area contributed by atoms with E-state index in [1.54, 1.807) is 13.3 Å². The predicted octanol–water partition coefficient (Wildman–Crippen LogP) is 1.05. The second-order valence-corrected chi connectivity index (χ2v) is 6.33. The van der Waals surface area contributed by atoms with E-state index in [-0.39, 0.29) is 5.91 Å². The van der Waals surface area contributed by atoms with E-state index in [0.29, 0.717) is 18.8 Å². The molecule has 1 N–H and O–H groups in total. The first-order valence-electron chi connectivity index (χ1n) is 8.96. The fourth-order valence-electron chi connectivity index (χ4n) is 2.73. The van der Waals surface area contributed by atoms with Crippen molar-refractivity contribution in [2.24, 2.45) is 0 Å². The lowest BCUT2D eigenvalue weighted by Crippen LogP contribution is -2.44. The zero-order valence-electron chi connectivity index (χ0n) is 15.7. The summed E-state index contributed by atoms with van der Waals surface area (Å²) in [6.45, 7) is 4.58. The van der Waals surface area contributed by atoms with Crippen LogP contribution in [-0.2, 0) is 0 Å². The van der Waals surface area contributed by atoms with Crippen molar-refractivity contribution in [3.63, 3.8) is 0 Å². The Labute approximate surface area is 159 Å². The number of likely N-dealkylation sites (N-methyl/N-ethyl adjacent to an activating group) is 1. The predicted molar refractivity (Wildman–Crippen MR) is 103 cm³/mol. The Morgan fingerprint density at radius 3 is 2.41 bits per heavy atom. The SMILES string of the molecule is COc1ccc(OCCNC(=O)c2cnc(N3CCN(C)CC3)cn2)cc1. The Morgan fingerprint density at radius 2 is 1.78 bits per heavy atom. The highest BCUT2D eigenvalue weighted by atomic mass is 16.5. The van der Waals surface area contributed by atoms with Crippen LogP contribution in [0.2, 0.25) is 0 Å². The van der Waals surface area contributed by atoms with E-state index in [9.17, 15) is 4.79 Å². The van der Waals surface area contributed by atoms with Gasteiger partial charge in [0.05, 0.1) is 26.0 Å². The Kier molecular flexibility index (Phi) is 6.43. The lowest BCUT2D eigenvalue weighted by Gasteiger charge is -2.32. The molecule has 0 aliphatic carbocycles. The van der Waals surface area contributed by atoms with Crippen molar-refractivity contribution in [3.8, 4) is 11.5 Å². The Bertz CT molecular complexity index is 728. The van der Waals surface area contributed by atoms with E-state index < -0.39 is 0 Å². The van der Waals surface area contributed by atoms with Crippen molar-refractivity contribution < 1.29 is 14.3 Å². The molecule has 0 spiro atoms. The minimum Gasteiger partial charge on any atom is -0.497 e. The normalized spacial score (nSPS) is 14.7. The topological polar surface area (TPSA) is 79.8 Å². The molecular formula is C19H25N5O3. The van der Waals surface area contributed by atoms with E-state index in [4.69, 9.17) is 9.47 Å². The molecule has 0 saturated carbocycles. The smallest absolute Gasteiger partial charge is 0.271 e. The molecule has 0 atom stereocenters. The number of nitrogens with one attached hydrogen (secondary N) is 1. The van der Waals surface area contributed by atoms with Gasteiger partial charge in [-0.05, 0) is 31.3 Å². The van der Waals surface area contributed by atoms with Crippen molar-refractivity contribution in [1.82, 2.24) is 20.2 Å². The van der Waals surface area contributed by atoms with Crippen LogP contribution in [0.15, 0.2) is 36.7 Å². The first-order valence-corrected chi connectivity index (χ1v) is 8.96. The standard InChI is InChI=1S/C19H25N5O3/c1-23-8-10-24(11-9-23)18-14-21-17(13-22-18)19(25)20-7-12-27-16-5-3-15(26-2)4-6-16/h3-6,13-14H,7-12H2,1-2H3,(H,20,25). The molecule has 1 amide bonds. The fourth-order valence-corrected chi connectivity index (χ4v) is 2.73. The third kappa shape index (κ3) is 5.30. The van der Waals surface area contributed by atoms with Crippen LogP contribution in [0.1, 0.15) is 10.5 Å². The van der Waals surface area contributed by atoms with Gasteiger partial charge in [0.25, 0.3) is 5.91 Å². The van der Waals surface area contributed by atoms with Gasteiger partial charge in [-0.3, -0.25) is 4.79 Å². The summed E-state index contributed by atoms with van der Waals surface area (Å²) in [7, 11) is 3.72. The zero-order valence-corrected chi connectivity index (χ0v) is 15.7. The summed E-state index contributed by atoms with van der Waals surface area (Å²) in [5.41, 5.74) is 0.303. The maximum atomic E-state index is 12.2. The van der Waals surface area contributed by atoms with Crippen LogP contribution in [0.5, 0.6) is 11.5 Å². The summed E-state index contributed by atoms with van der Waals surface area (Å²) in [5.74, 6) is 2.05. The molecule has 1 fully saturated rings.